The van der Waals surface area contributed by atoms with Crippen molar-refractivity contribution in [1.29, 1.82) is 0 Å². The Kier molecular flexibility index (Phi) is 6.13. The fourth-order valence-corrected chi connectivity index (χ4v) is 5.02. The number of hydrogen-bond acceptors (Lipinski definition) is 5. The lowest BCUT2D eigenvalue weighted by Crippen LogP contribution is -2.42. The van der Waals surface area contributed by atoms with Crippen molar-refractivity contribution >= 4 is 5.91 Å². The summed E-state index contributed by atoms with van der Waals surface area (Å²) in [5.41, 5.74) is 0.924. The van der Waals surface area contributed by atoms with Crippen molar-refractivity contribution in [2.75, 3.05) is 32.7 Å². The number of aliphatic hydroxyl groups is 1. The summed E-state index contributed by atoms with van der Waals surface area (Å²) in [7, 11) is 0. The molecule has 0 spiro atoms. The molecule has 3 fully saturated rings. The molecular weight excluding hydrogens is 342 g/mol. The second-order valence-electron chi connectivity index (χ2n) is 8.74. The Balaban J connectivity index is 1.28. The number of carbonyl (C=O) groups excluding carboxylic acids is 1. The largest absolute Gasteiger partial charge is 0.391 e. The smallest absolute Gasteiger partial charge is 0.292 e. The molecule has 3 heterocycles. The van der Waals surface area contributed by atoms with Gasteiger partial charge in [0.05, 0.1) is 11.8 Å². The minimum absolute atomic E-state index is 0.137. The van der Waals surface area contributed by atoms with Crippen LogP contribution in [-0.4, -0.2) is 64.8 Å². The second-order valence-corrected chi connectivity index (χ2v) is 8.74. The Morgan fingerprint density at radius 3 is 2.59 bits per heavy atom. The molecule has 1 amide bonds. The number of aromatic nitrogens is 1. The number of hydrogen-bond donors (Lipinski definition) is 1. The van der Waals surface area contributed by atoms with E-state index in [1.165, 1.54) is 38.6 Å². The highest BCUT2D eigenvalue weighted by atomic mass is 16.5. The molecule has 1 aliphatic carbocycles. The number of piperidine rings is 2. The first kappa shape index (κ1) is 18.9. The maximum absolute atomic E-state index is 12.6. The van der Waals surface area contributed by atoms with Crippen LogP contribution in [0.4, 0.5) is 0 Å². The fraction of sp³-hybridized carbons (Fsp3) is 0.810. The van der Waals surface area contributed by atoms with E-state index < -0.39 is 6.10 Å². The number of nitrogens with zero attached hydrogens (tertiary/aromatic N) is 3. The van der Waals surface area contributed by atoms with Gasteiger partial charge in [0.1, 0.15) is 0 Å². The van der Waals surface area contributed by atoms with Crippen LogP contribution < -0.4 is 0 Å². The van der Waals surface area contributed by atoms with Crippen LogP contribution in [0.3, 0.4) is 0 Å². The van der Waals surface area contributed by atoms with Crippen molar-refractivity contribution in [3.63, 3.8) is 0 Å². The lowest BCUT2D eigenvalue weighted by molar-refractivity contribution is 0.0441. The van der Waals surface area contributed by atoms with E-state index in [1.54, 1.807) is 4.90 Å². The zero-order chi connectivity index (χ0) is 18.6. The van der Waals surface area contributed by atoms with Crippen LogP contribution in [0.25, 0.3) is 0 Å². The summed E-state index contributed by atoms with van der Waals surface area (Å²) in [5.74, 6) is 1.47. The molecule has 2 saturated heterocycles. The summed E-state index contributed by atoms with van der Waals surface area (Å²) in [6, 6.07) is 1.84. The quantitative estimate of drug-likeness (QED) is 0.876. The number of amides is 1. The van der Waals surface area contributed by atoms with Crippen LogP contribution in [0.5, 0.6) is 0 Å². The van der Waals surface area contributed by atoms with Gasteiger partial charge in [0, 0.05) is 31.6 Å². The van der Waals surface area contributed by atoms with Gasteiger partial charge in [-0.2, -0.15) is 0 Å². The van der Waals surface area contributed by atoms with Crippen LogP contribution in [0.15, 0.2) is 10.6 Å². The maximum atomic E-state index is 12.6. The molecule has 2 aliphatic heterocycles. The molecule has 6 nitrogen and oxygen atoms in total. The molecule has 1 saturated carbocycles. The van der Waals surface area contributed by atoms with Gasteiger partial charge < -0.3 is 19.4 Å². The third-order valence-corrected chi connectivity index (χ3v) is 6.67. The zero-order valence-electron chi connectivity index (χ0n) is 16.3. The molecule has 6 heteroatoms. The molecule has 1 atom stereocenters. The van der Waals surface area contributed by atoms with Gasteiger partial charge in [-0.1, -0.05) is 24.4 Å². The number of carbonyl (C=O) groups is 1. The van der Waals surface area contributed by atoms with Gasteiger partial charge in [-0.25, -0.2) is 0 Å². The fourth-order valence-electron chi connectivity index (χ4n) is 5.02. The van der Waals surface area contributed by atoms with Crippen molar-refractivity contribution in [3.05, 3.63) is 17.5 Å². The van der Waals surface area contributed by atoms with Crippen LogP contribution in [-0.2, 0) is 0 Å². The van der Waals surface area contributed by atoms with E-state index in [0.29, 0.717) is 24.8 Å². The summed E-state index contributed by atoms with van der Waals surface area (Å²) in [6.45, 7) is 4.58. The predicted molar refractivity (Wildman–Crippen MR) is 103 cm³/mol. The molecule has 0 radical (unpaired) electrons. The monoisotopic (exact) mass is 375 g/mol. The summed E-state index contributed by atoms with van der Waals surface area (Å²) < 4.78 is 5.38. The van der Waals surface area contributed by atoms with E-state index in [4.69, 9.17) is 4.52 Å². The molecule has 0 bridgehead atoms. The average Bonchev–Trinajstić information content (AvgIpc) is 3.19. The standard InChI is InChI=1S/C21H33N3O3/c25-18-7-4-10-24(15-18)21(26)20-13-19(22-27-20)17-8-11-23(12-9-17)14-16-5-2-1-3-6-16/h13,16-18,25H,1-12,14-15H2. The van der Waals surface area contributed by atoms with Crippen molar-refractivity contribution in [2.24, 2.45) is 5.92 Å². The Bertz CT molecular complexity index is 618. The van der Waals surface area contributed by atoms with Crippen molar-refractivity contribution in [1.82, 2.24) is 15.0 Å². The predicted octanol–water partition coefficient (Wildman–Crippen LogP) is 3.03. The highest BCUT2D eigenvalue weighted by Crippen LogP contribution is 2.30. The number of rotatable bonds is 4. The van der Waals surface area contributed by atoms with Gasteiger partial charge >= 0.3 is 0 Å². The first-order valence-electron chi connectivity index (χ1n) is 10.9. The highest BCUT2D eigenvalue weighted by molar-refractivity contribution is 5.91. The van der Waals surface area contributed by atoms with E-state index in [-0.39, 0.29) is 5.91 Å². The van der Waals surface area contributed by atoms with Crippen LogP contribution in [0, 0.1) is 5.92 Å². The normalized spacial score (nSPS) is 26.4. The summed E-state index contributed by atoms with van der Waals surface area (Å²) in [5, 5.41) is 14.0. The third-order valence-electron chi connectivity index (χ3n) is 6.67. The molecule has 1 aromatic rings. The number of β-amino-alcohol motifs (C(OH)–C–C–N with tert-alkyl or cyclic N) is 1. The zero-order valence-corrected chi connectivity index (χ0v) is 16.3. The van der Waals surface area contributed by atoms with Crippen LogP contribution >= 0.6 is 0 Å². The van der Waals surface area contributed by atoms with Gasteiger partial charge in [-0.15, -0.1) is 0 Å². The van der Waals surface area contributed by atoms with E-state index in [0.717, 1.165) is 50.4 Å². The molecule has 1 aromatic heterocycles. The lowest BCUT2D eigenvalue weighted by atomic mass is 9.87. The number of aliphatic hydroxyl groups excluding tert-OH is 1. The average molecular weight is 376 g/mol. The van der Waals surface area contributed by atoms with E-state index in [2.05, 4.69) is 10.1 Å². The van der Waals surface area contributed by atoms with Crippen molar-refractivity contribution < 1.29 is 14.4 Å². The lowest BCUT2D eigenvalue weighted by Gasteiger charge is -2.34. The Hall–Kier alpha value is -1.40. The molecule has 0 aromatic carbocycles. The Morgan fingerprint density at radius 1 is 1.07 bits per heavy atom. The van der Waals surface area contributed by atoms with E-state index in [9.17, 15) is 9.90 Å². The van der Waals surface area contributed by atoms with Crippen molar-refractivity contribution in [3.8, 4) is 0 Å². The summed E-state index contributed by atoms with van der Waals surface area (Å²) in [6.07, 6.45) is 10.4. The maximum Gasteiger partial charge on any atom is 0.292 e. The van der Waals surface area contributed by atoms with E-state index >= 15 is 0 Å². The summed E-state index contributed by atoms with van der Waals surface area (Å²) >= 11 is 0. The van der Waals surface area contributed by atoms with Crippen molar-refractivity contribution in [2.45, 2.75) is 69.8 Å². The van der Waals surface area contributed by atoms with Crippen LogP contribution in [0.1, 0.15) is 80.0 Å². The minimum Gasteiger partial charge on any atom is -0.391 e. The van der Waals surface area contributed by atoms with Gasteiger partial charge in [-0.3, -0.25) is 4.79 Å². The van der Waals surface area contributed by atoms with Gasteiger partial charge in [0.15, 0.2) is 0 Å². The molecule has 27 heavy (non-hydrogen) atoms. The van der Waals surface area contributed by atoms with Gasteiger partial charge in [0.2, 0.25) is 5.76 Å². The molecular formula is C21H33N3O3. The topological polar surface area (TPSA) is 69.8 Å². The molecule has 4 rings (SSSR count). The highest BCUT2D eigenvalue weighted by Gasteiger charge is 2.29. The molecule has 1 N–H and O–H groups in total. The SMILES string of the molecule is O=C(c1cc(C2CCN(CC3CCCCC3)CC2)no1)N1CCCC(O)C1. The molecule has 150 valence electrons. The Labute approximate surface area is 161 Å². The third kappa shape index (κ3) is 4.72. The van der Waals surface area contributed by atoms with Gasteiger partial charge in [0.25, 0.3) is 5.91 Å². The Morgan fingerprint density at radius 2 is 1.85 bits per heavy atom. The van der Waals surface area contributed by atoms with Crippen LogP contribution in [0.2, 0.25) is 0 Å². The van der Waals surface area contributed by atoms with Gasteiger partial charge in [-0.05, 0) is 57.5 Å². The minimum atomic E-state index is -0.418. The first-order chi connectivity index (χ1) is 13.2. The summed E-state index contributed by atoms with van der Waals surface area (Å²) in [4.78, 5) is 16.9. The first-order valence-corrected chi connectivity index (χ1v) is 10.9. The molecule has 3 aliphatic rings. The molecule has 1 unspecified atom stereocenters. The van der Waals surface area contributed by atoms with E-state index in [1.807, 2.05) is 6.07 Å². The number of likely N-dealkylation sites (tertiary alicyclic amines) is 2. The second kappa shape index (κ2) is 8.74.